The lowest BCUT2D eigenvalue weighted by molar-refractivity contribution is -0.136. The van der Waals surface area contributed by atoms with Gasteiger partial charge in [-0.1, -0.05) is 30.7 Å². The maximum absolute atomic E-state index is 10.8. The number of aliphatic carboxylic acids is 1. The van der Waals surface area contributed by atoms with E-state index in [1.54, 1.807) is 19.5 Å². The van der Waals surface area contributed by atoms with E-state index in [0.717, 1.165) is 40.0 Å². The fourth-order valence-corrected chi connectivity index (χ4v) is 3.36. The summed E-state index contributed by atoms with van der Waals surface area (Å²) in [4.78, 5) is 15.1. The van der Waals surface area contributed by atoms with Crippen molar-refractivity contribution in [1.29, 1.82) is 0 Å². The molecule has 0 aromatic carbocycles. The van der Waals surface area contributed by atoms with Gasteiger partial charge in [-0.25, -0.2) is 4.52 Å². The van der Waals surface area contributed by atoms with Gasteiger partial charge in [-0.05, 0) is 31.0 Å². The highest BCUT2D eigenvalue weighted by atomic mass is 35.5. The number of rotatable bonds is 8. The molecule has 3 aromatic rings. The Morgan fingerprint density at radius 1 is 1.36 bits per heavy atom. The summed E-state index contributed by atoms with van der Waals surface area (Å²) >= 11 is 6.20. The fraction of sp³-hybridized carbons (Fsp3) is 0.286. The summed E-state index contributed by atoms with van der Waals surface area (Å²) in [7, 11) is 1.63. The van der Waals surface area contributed by atoms with Gasteiger partial charge < -0.3 is 9.84 Å². The molecule has 28 heavy (non-hydrogen) atoms. The van der Waals surface area contributed by atoms with Gasteiger partial charge in [-0.2, -0.15) is 5.10 Å². The molecule has 0 bridgehead atoms. The van der Waals surface area contributed by atoms with Crippen LogP contribution in [0.4, 0.5) is 0 Å². The molecule has 0 unspecified atom stereocenters. The molecule has 3 rings (SSSR count). The maximum Gasteiger partial charge on any atom is 0.303 e. The molecule has 3 heterocycles. The maximum atomic E-state index is 10.8. The zero-order chi connectivity index (χ0) is 20.1. The first kappa shape index (κ1) is 20.0. The molecule has 146 valence electrons. The third kappa shape index (κ3) is 4.24. The summed E-state index contributed by atoms with van der Waals surface area (Å²) in [5, 5.41) is 14.2. The number of carboxylic acid groups (broad SMARTS) is 1. The Morgan fingerprint density at radius 3 is 2.86 bits per heavy atom. The van der Waals surface area contributed by atoms with Crippen LogP contribution in [0.3, 0.4) is 0 Å². The first-order valence-electron chi connectivity index (χ1n) is 9.06. The van der Waals surface area contributed by atoms with Crippen LogP contribution in [0, 0.1) is 0 Å². The second-order valence-corrected chi connectivity index (χ2v) is 6.81. The number of pyridine rings is 1. The van der Waals surface area contributed by atoms with Gasteiger partial charge in [0.25, 0.3) is 0 Å². The second-order valence-electron chi connectivity index (χ2n) is 6.37. The van der Waals surface area contributed by atoms with Gasteiger partial charge in [-0.3, -0.25) is 9.78 Å². The molecule has 0 atom stereocenters. The van der Waals surface area contributed by atoms with Gasteiger partial charge in [-0.15, -0.1) is 0 Å². The lowest BCUT2D eigenvalue weighted by Crippen LogP contribution is -2.07. The van der Waals surface area contributed by atoms with Crippen molar-refractivity contribution in [1.82, 2.24) is 14.6 Å². The Labute approximate surface area is 168 Å². The van der Waals surface area contributed by atoms with Crippen molar-refractivity contribution in [2.45, 2.75) is 32.8 Å². The number of hydrogen-bond donors (Lipinski definition) is 1. The van der Waals surface area contributed by atoms with E-state index in [2.05, 4.69) is 18.0 Å². The minimum atomic E-state index is -0.825. The Kier molecular flexibility index (Phi) is 6.44. The van der Waals surface area contributed by atoms with Crippen LogP contribution in [0.5, 0.6) is 0 Å². The molecule has 0 spiro atoms. The fourth-order valence-electron chi connectivity index (χ4n) is 3.19. The molecule has 0 aliphatic rings. The quantitative estimate of drug-likeness (QED) is 0.597. The van der Waals surface area contributed by atoms with Crippen LogP contribution in [0.1, 0.15) is 36.7 Å². The van der Waals surface area contributed by atoms with Crippen LogP contribution in [-0.4, -0.2) is 32.8 Å². The van der Waals surface area contributed by atoms with Crippen LogP contribution in [-0.2, 0) is 22.6 Å². The zero-order valence-corrected chi connectivity index (χ0v) is 16.6. The average molecular weight is 400 g/mol. The highest BCUT2D eigenvalue weighted by molar-refractivity contribution is 6.30. The van der Waals surface area contributed by atoms with Crippen molar-refractivity contribution in [3.05, 3.63) is 58.6 Å². The van der Waals surface area contributed by atoms with Gasteiger partial charge in [0.15, 0.2) is 0 Å². The summed E-state index contributed by atoms with van der Waals surface area (Å²) in [5.74, 6) is -0.825. The molecular formula is C21H22ClN3O3. The van der Waals surface area contributed by atoms with E-state index in [0.29, 0.717) is 18.1 Å². The lowest BCUT2D eigenvalue weighted by Gasteiger charge is -2.15. The number of nitrogens with zero attached hydrogens (tertiary/aromatic N) is 3. The van der Waals surface area contributed by atoms with Gasteiger partial charge in [0.1, 0.15) is 0 Å². The molecule has 1 N–H and O–H groups in total. The largest absolute Gasteiger partial charge is 0.481 e. The standard InChI is InChI=1S/C21H22ClN3O3/c1-3-16-8-9-19-21(14-10-15(22)12-23-11-14)17(6-4-5-7-20(26)27)18(13-28-2)24-25(16)19/h4,6,8-12H,3,5,7,13H2,1-2H3,(H,26,27). The summed E-state index contributed by atoms with van der Waals surface area (Å²) in [6, 6.07) is 5.96. The van der Waals surface area contributed by atoms with Crippen molar-refractivity contribution in [3.63, 3.8) is 0 Å². The summed E-state index contributed by atoms with van der Waals surface area (Å²) < 4.78 is 7.31. The van der Waals surface area contributed by atoms with Crippen LogP contribution >= 0.6 is 11.6 Å². The number of aryl methyl sites for hydroxylation is 1. The molecule has 3 aromatic heterocycles. The molecular weight excluding hydrogens is 378 g/mol. The molecule has 0 aliphatic heterocycles. The third-order valence-electron chi connectivity index (χ3n) is 4.44. The summed E-state index contributed by atoms with van der Waals surface area (Å²) in [5.41, 5.74) is 5.50. The third-order valence-corrected chi connectivity index (χ3v) is 4.64. The lowest BCUT2D eigenvalue weighted by atomic mass is 9.99. The Balaban J connectivity index is 2.25. The van der Waals surface area contributed by atoms with E-state index in [9.17, 15) is 4.79 Å². The van der Waals surface area contributed by atoms with E-state index in [-0.39, 0.29) is 6.42 Å². The topological polar surface area (TPSA) is 76.7 Å². The first-order chi connectivity index (χ1) is 13.5. The van der Waals surface area contributed by atoms with E-state index in [1.165, 1.54) is 0 Å². The number of aromatic nitrogens is 3. The second kappa shape index (κ2) is 8.99. The van der Waals surface area contributed by atoms with E-state index >= 15 is 0 Å². The van der Waals surface area contributed by atoms with Crippen molar-refractivity contribution in [2.24, 2.45) is 0 Å². The van der Waals surface area contributed by atoms with Crippen molar-refractivity contribution >= 4 is 29.2 Å². The van der Waals surface area contributed by atoms with E-state index < -0.39 is 5.97 Å². The van der Waals surface area contributed by atoms with Crippen LogP contribution in [0.15, 0.2) is 36.7 Å². The SMILES string of the molecule is CCc1ccc2c(-c3cncc(Cl)c3)c(C=CCCC(=O)O)c(COC)nn12. The zero-order valence-electron chi connectivity index (χ0n) is 15.9. The molecule has 0 amide bonds. The minimum absolute atomic E-state index is 0.0744. The van der Waals surface area contributed by atoms with Gasteiger partial charge in [0.2, 0.25) is 0 Å². The number of methoxy groups -OCH3 is 1. The number of hydrogen-bond acceptors (Lipinski definition) is 4. The Morgan fingerprint density at radius 2 is 2.18 bits per heavy atom. The first-order valence-corrected chi connectivity index (χ1v) is 9.44. The molecule has 0 saturated heterocycles. The number of ether oxygens (including phenoxy) is 1. The highest BCUT2D eigenvalue weighted by Gasteiger charge is 2.17. The molecule has 0 fully saturated rings. The number of carbonyl (C=O) groups is 1. The smallest absolute Gasteiger partial charge is 0.303 e. The van der Waals surface area contributed by atoms with Crippen LogP contribution in [0.2, 0.25) is 5.02 Å². The number of fused-ring (bicyclic) bond motifs is 1. The van der Waals surface area contributed by atoms with Gasteiger partial charge >= 0.3 is 5.97 Å². The summed E-state index contributed by atoms with van der Waals surface area (Å²) in [6.45, 7) is 2.41. The molecule has 0 aliphatic carbocycles. The van der Waals surface area contributed by atoms with Crippen LogP contribution < -0.4 is 0 Å². The normalized spacial score (nSPS) is 11.5. The summed E-state index contributed by atoms with van der Waals surface area (Å²) in [6.07, 6.45) is 8.48. The van der Waals surface area contributed by atoms with Crippen molar-refractivity contribution in [2.75, 3.05) is 7.11 Å². The van der Waals surface area contributed by atoms with Gasteiger partial charge in [0, 0.05) is 48.3 Å². The van der Waals surface area contributed by atoms with Crippen molar-refractivity contribution < 1.29 is 14.6 Å². The average Bonchev–Trinajstić information content (AvgIpc) is 3.07. The predicted octanol–water partition coefficient (Wildman–Crippen LogP) is 4.64. The number of allylic oxidation sites excluding steroid dienone is 1. The molecule has 6 nitrogen and oxygen atoms in total. The monoisotopic (exact) mass is 399 g/mol. The van der Waals surface area contributed by atoms with E-state index in [4.69, 9.17) is 26.5 Å². The Bertz CT molecular complexity index is 1030. The molecule has 7 heteroatoms. The molecule has 0 radical (unpaired) electrons. The highest BCUT2D eigenvalue weighted by Crippen LogP contribution is 2.33. The predicted molar refractivity (Wildman–Crippen MR) is 109 cm³/mol. The minimum Gasteiger partial charge on any atom is -0.481 e. The Hall–Kier alpha value is -2.70. The number of carboxylic acids is 1. The van der Waals surface area contributed by atoms with E-state index in [1.807, 2.05) is 28.8 Å². The van der Waals surface area contributed by atoms with Crippen LogP contribution in [0.25, 0.3) is 22.7 Å². The number of halogens is 1. The molecule has 0 saturated carbocycles. The van der Waals surface area contributed by atoms with Gasteiger partial charge in [0.05, 0.1) is 22.8 Å². The van der Waals surface area contributed by atoms with Crippen molar-refractivity contribution in [3.8, 4) is 11.1 Å².